The van der Waals surface area contributed by atoms with Gasteiger partial charge in [-0.2, -0.15) is 16.9 Å². The van der Waals surface area contributed by atoms with Crippen molar-refractivity contribution in [2.75, 3.05) is 18.1 Å². The summed E-state index contributed by atoms with van der Waals surface area (Å²) in [5.41, 5.74) is 2.03. The standard InChI is InChI=1S/C16H21N5OS.ClH/c1-12(20-16(22)8-14-9-23-7-6-18-14)13-2-4-15(5-3-13)21-11-17-10-19-21;/h2-5,10-12,14,18H,6-9H2,1H3,(H,20,22);1H. The van der Waals surface area contributed by atoms with Gasteiger partial charge in [0.15, 0.2) is 0 Å². The molecule has 2 heterocycles. The second-order valence-corrected chi connectivity index (χ2v) is 6.80. The summed E-state index contributed by atoms with van der Waals surface area (Å²) in [7, 11) is 0. The number of nitrogens with zero attached hydrogens (tertiary/aromatic N) is 3. The molecular weight excluding hydrogens is 346 g/mol. The molecule has 0 spiro atoms. The van der Waals surface area contributed by atoms with Crippen LogP contribution >= 0.6 is 24.2 Å². The van der Waals surface area contributed by atoms with E-state index in [1.807, 2.05) is 43.0 Å². The topological polar surface area (TPSA) is 71.8 Å². The Morgan fingerprint density at radius 1 is 1.46 bits per heavy atom. The molecule has 1 aliphatic heterocycles. The van der Waals surface area contributed by atoms with Crippen molar-refractivity contribution in [2.45, 2.75) is 25.4 Å². The first-order chi connectivity index (χ1) is 11.2. The van der Waals surface area contributed by atoms with Crippen LogP contribution in [-0.2, 0) is 4.79 Å². The zero-order chi connectivity index (χ0) is 16.1. The van der Waals surface area contributed by atoms with Crippen LogP contribution in [-0.4, -0.2) is 44.8 Å². The Bertz CT molecular complexity index is 628. The molecule has 1 fully saturated rings. The number of hydrogen-bond donors (Lipinski definition) is 2. The van der Waals surface area contributed by atoms with Gasteiger partial charge in [-0.1, -0.05) is 12.1 Å². The maximum Gasteiger partial charge on any atom is 0.222 e. The second-order valence-electron chi connectivity index (χ2n) is 5.65. The van der Waals surface area contributed by atoms with Gasteiger partial charge in [0.05, 0.1) is 11.7 Å². The van der Waals surface area contributed by atoms with Gasteiger partial charge in [-0.05, 0) is 24.6 Å². The van der Waals surface area contributed by atoms with Gasteiger partial charge in [0, 0.05) is 30.5 Å². The van der Waals surface area contributed by atoms with Gasteiger partial charge in [-0.25, -0.2) is 9.67 Å². The quantitative estimate of drug-likeness (QED) is 0.845. The summed E-state index contributed by atoms with van der Waals surface area (Å²) in [5, 5.41) is 10.6. The molecule has 2 N–H and O–H groups in total. The van der Waals surface area contributed by atoms with Crippen molar-refractivity contribution in [3.05, 3.63) is 42.5 Å². The molecule has 1 amide bonds. The minimum Gasteiger partial charge on any atom is -0.350 e. The average Bonchev–Trinajstić information content (AvgIpc) is 3.10. The first kappa shape index (κ1) is 18.8. The lowest BCUT2D eigenvalue weighted by Crippen LogP contribution is -2.41. The minimum atomic E-state index is -0.0106. The van der Waals surface area contributed by atoms with E-state index in [-0.39, 0.29) is 30.4 Å². The molecule has 1 saturated heterocycles. The summed E-state index contributed by atoms with van der Waals surface area (Å²) < 4.78 is 1.71. The van der Waals surface area contributed by atoms with Crippen LogP contribution in [0, 0.1) is 0 Å². The fraction of sp³-hybridized carbons (Fsp3) is 0.438. The Morgan fingerprint density at radius 2 is 2.25 bits per heavy atom. The lowest BCUT2D eigenvalue weighted by atomic mass is 10.1. The lowest BCUT2D eigenvalue weighted by Gasteiger charge is -2.23. The van der Waals surface area contributed by atoms with Gasteiger partial charge in [-0.3, -0.25) is 4.79 Å². The molecular formula is C16H22ClN5OS. The molecule has 2 aromatic rings. The fourth-order valence-electron chi connectivity index (χ4n) is 2.62. The molecule has 0 bridgehead atoms. The van der Waals surface area contributed by atoms with E-state index >= 15 is 0 Å². The fourth-order valence-corrected chi connectivity index (χ4v) is 3.56. The number of carbonyl (C=O) groups is 1. The summed E-state index contributed by atoms with van der Waals surface area (Å²) in [6, 6.07) is 8.25. The van der Waals surface area contributed by atoms with Gasteiger partial charge >= 0.3 is 0 Å². The van der Waals surface area contributed by atoms with Crippen molar-refractivity contribution in [3.63, 3.8) is 0 Å². The molecule has 6 nitrogen and oxygen atoms in total. The summed E-state index contributed by atoms with van der Waals surface area (Å²) in [5.74, 6) is 2.24. The second kappa shape index (κ2) is 9.05. The van der Waals surface area contributed by atoms with Crippen LogP contribution in [0.3, 0.4) is 0 Å². The molecule has 8 heteroatoms. The van der Waals surface area contributed by atoms with Crippen LogP contribution in [0.25, 0.3) is 5.69 Å². The van der Waals surface area contributed by atoms with Crippen LogP contribution in [0.5, 0.6) is 0 Å². The van der Waals surface area contributed by atoms with Gasteiger partial charge < -0.3 is 10.6 Å². The third kappa shape index (κ3) is 4.96. The monoisotopic (exact) mass is 367 g/mol. The number of benzene rings is 1. The maximum atomic E-state index is 12.2. The van der Waals surface area contributed by atoms with Crippen molar-refractivity contribution in [3.8, 4) is 5.69 Å². The van der Waals surface area contributed by atoms with E-state index in [0.29, 0.717) is 6.42 Å². The van der Waals surface area contributed by atoms with Gasteiger partial charge in [0.2, 0.25) is 5.91 Å². The summed E-state index contributed by atoms with van der Waals surface area (Å²) in [6.07, 6.45) is 3.71. The van der Waals surface area contributed by atoms with Crippen molar-refractivity contribution < 1.29 is 4.79 Å². The summed E-state index contributed by atoms with van der Waals surface area (Å²) in [6.45, 7) is 2.99. The normalized spacial score (nSPS) is 18.5. The number of nitrogens with one attached hydrogen (secondary N) is 2. The largest absolute Gasteiger partial charge is 0.350 e. The number of halogens is 1. The predicted molar refractivity (Wildman–Crippen MR) is 98.9 cm³/mol. The van der Waals surface area contributed by atoms with E-state index in [2.05, 4.69) is 20.7 Å². The van der Waals surface area contributed by atoms with E-state index in [1.165, 1.54) is 6.33 Å². The number of rotatable bonds is 5. The maximum absolute atomic E-state index is 12.2. The van der Waals surface area contributed by atoms with Gasteiger partial charge in [0.25, 0.3) is 0 Å². The molecule has 130 valence electrons. The Morgan fingerprint density at radius 3 is 2.88 bits per heavy atom. The lowest BCUT2D eigenvalue weighted by molar-refractivity contribution is -0.122. The number of aromatic nitrogens is 3. The first-order valence-electron chi connectivity index (χ1n) is 7.78. The summed E-state index contributed by atoms with van der Waals surface area (Å²) >= 11 is 1.90. The van der Waals surface area contributed by atoms with Crippen LogP contribution < -0.4 is 10.6 Å². The summed E-state index contributed by atoms with van der Waals surface area (Å²) in [4.78, 5) is 16.1. The van der Waals surface area contributed by atoms with E-state index in [0.717, 1.165) is 29.3 Å². The number of carbonyl (C=O) groups excluding carboxylic acids is 1. The molecule has 1 aromatic heterocycles. The highest BCUT2D eigenvalue weighted by Gasteiger charge is 2.18. The zero-order valence-corrected chi connectivity index (χ0v) is 15.1. The highest BCUT2D eigenvalue weighted by atomic mass is 35.5. The first-order valence-corrected chi connectivity index (χ1v) is 8.93. The third-order valence-corrected chi connectivity index (χ3v) is 5.01. The van der Waals surface area contributed by atoms with Crippen molar-refractivity contribution in [1.29, 1.82) is 0 Å². The van der Waals surface area contributed by atoms with Crippen molar-refractivity contribution in [2.24, 2.45) is 0 Å². The third-order valence-electron chi connectivity index (χ3n) is 3.88. The predicted octanol–water partition coefficient (Wildman–Crippen LogP) is 1.96. The van der Waals surface area contributed by atoms with E-state index < -0.39 is 0 Å². The average molecular weight is 368 g/mol. The molecule has 0 aliphatic carbocycles. The van der Waals surface area contributed by atoms with Crippen molar-refractivity contribution >= 4 is 30.1 Å². The van der Waals surface area contributed by atoms with Crippen LogP contribution in [0.2, 0.25) is 0 Å². The van der Waals surface area contributed by atoms with Crippen LogP contribution in [0.4, 0.5) is 0 Å². The molecule has 1 aliphatic rings. The zero-order valence-electron chi connectivity index (χ0n) is 13.5. The Labute approximate surface area is 152 Å². The molecule has 2 atom stereocenters. The molecule has 3 rings (SSSR count). The van der Waals surface area contributed by atoms with Gasteiger partial charge in [-0.15, -0.1) is 12.4 Å². The van der Waals surface area contributed by atoms with Gasteiger partial charge in [0.1, 0.15) is 12.7 Å². The van der Waals surface area contributed by atoms with E-state index in [1.54, 1.807) is 11.0 Å². The van der Waals surface area contributed by atoms with E-state index in [4.69, 9.17) is 0 Å². The molecule has 0 saturated carbocycles. The highest BCUT2D eigenvalue weighted by molar-refractivity contribution is 7.99. The molecule has 24 heavy (non-hydrogen) atoms. The van der Waals surface area contributed by atoms with Crippen LogP contribution in [0.15, 0.2) is 36.9 Å². The molecule has 0 radical (unpaired) electrons. The Balaban J connectivity index is 0.00000208. The number of thioether (sulfide) groups is 1. The Kier molecular flexibility index (Phi) is 7.08. The highest BCUT2D eigenvalue weighted by Crippen LogP contribution is 2.16. The Hall–Kier alpha value is -1.57. The van der Waals surface area contributed by atoms with Crippen LogP contribution in [0.1, 0.15) is 24.9 Å². The van der Waals surface area contributed by atoms with Crippen molar-refractivity contribution in [1.82, 2.24) is 25.4 Å². The number of amides is 1. The minimum absolute atomic E-state index is 0. The molecule has 2 unspecified atom stereocenters. The SMILES string of the molecule is CC(NC(=O)CC1CSCCN1)c1ccc(-n2cncn2)cc1.Cl. The van der Waals surface area contributed by atoms with E-state index in [9.17, 15) is 4.79 Å². The molecule has 1 aromatic carbocycles. The smallest absolute Gasteiger partial charge is 0.222 e. The number of hydrogen-bond acceptors (Lipinski definition) is 5.